The van der Waals surface area contributed by atoms with Gasteiger partial charge in [0.05, 0.1) is 23.9 Å². The van der Waals surface area contributed by atoms with Gasteiger partial charge in [-0.25, -0.2) is 4.98 Å². The smallest absolute Gasteiger partial charge is 0.255 e. The van der Waals surface area contributed by atoms with Crippen LogP contribution in [0.25, 0.3) is 22.6 Å². The molecule has 1 unspecified atom stereocenters. The molecule has 1 aliphatic heterocycles. The Labute approximate surface area is 206 Å². The molecule has 0 spiro atoms. The van der Waals surface area contributed by atoms with Crippen molar-refractivity contribution >= 4 is 34.4 Å². The first-order chi connectivity index (χ1) is 16.9. The molecule has 6 nitrogen and oxygen atoms in total. The number of hydrogen-bond acceptors (Lipinski definition) is 4. The lowest BCUT2D eigenvalue weighted by Crippen LogP contribution is -2.50. The fourth-order valence-corrected chi connectivity index (χ4v) is 5.26. The largest absolute Gasteiger partial charge is 0.497 e. The molecule has 1 aliphatic carbocycles. The molecule has 2 heterocycles. The lowest BCUT2D eigenvalue weighted by Gasteiger charge is -2.35. The van der Waals surface area contributed by atoms with Crippen molar-refractivity contribution in [3.63, 3.8) is 0 Å². The standard InChI is InChI=1S/C29H31N3O3/c1-19-16-22(18-21-8-10-23(35-3)11-9-21)28-25(17-19)27(24-6-4-5-7-26(24)30-28)29(34)32-14-12-31(13-15-32)20(2)33/h4-11,18-19H,12-17H2,1-3H3/b22-18+. The Morgan fingerprint density at radius 3 is 2.34 bits per heavy atom. The minimum atomic E-state index is 0.0425. The van der Waals surface area contributed by atoms with Crippen LogP contribution in [0.2, 0.25) is 0 Å². The average Bonchev–Trinajstić information content (AvgIpc) is 2.87. The van der Waals surface area contributed by atoms with Crippen LogP contribution in [-0.2, 0) is 11.2 Å². The third-order valence-electron chi connectivity index (χ3n) is 7.10. The van der Waals surface area contributed by atoms with Gasteiger partial charge < -0.3 is 14.5 Å². The van der Waals surface area contributed by atoms with E-state index in [1.54, 1.807) is 14.0 Å². The van der Waals surface area contributed by atoms with E-state index in [9.17, 15) is 9.59 Å². The molecule has 0 bridgehead atoms. The second-order valence-electron chi connectivity index (χ2n) is 9.59. The van der Waals surface area contributed by atoms with E-state index in [1.165, 1.54) is 0 Å². The molecule has 0 saturated carbocycles. The van der Waals surface area contributed by atoms with Crippen molar-refractivity contribution in [2.75, 3.05) is 33.3 Å². The number of allylic oxidation sites excluding steroid dienone is 1. The molecule has 1 atom stereocenters. The highest BCUT2D eigenvalue weighted by Crippen LogP contribution is 2.39. The van der Waals surface area contributed by atoms with Crippen molar-refractivity contribution in [2.24, 2.45) is 5.92 Å². The maximum Gasteiger partial charge on any atom is 0.255 e. The van der Waals surface area contributed by atoms with Gasteiger partial charge in [-0.1, -0.05) is 37.3 Å². The predicted molar refractivity (Wildman–Crippen MR) is 138 cm³/mol. The minimum Gasteiger partial charge on any atom is -0.497 e. The zero-order chi connectivity index (χ0) is 24.5. The molecule has 1 saturated heterocycles. The second-order valence-corrected chi connectivity index (χ2v) is 9.59. The van der Waals surface area contributed by atoms with Crippen LogP contribution in [0.15, 0.2) is 48.5 Å². The summed E-state index contributed by atoms with van der Waals surface area (Å²) in [4.78, 5) is 34.5. The van der Waals surface area contributed by atoms with Crippen LogP contribution < -0.4 is 4.74 Å². The molecule has 6 heteroatoms. The Balaban J connectivity index is 1.60. The van der Waals surface area contributed by atoms with Crippen molar-refractivity contribution < 1.29 is 14.3 Å². The van der Waals surface area contributed by atoms with Crippen LogP contribution >= 0.6 is 0 Å². The van der Waals surface area contributed by atoms with Gasteiger partial charge in [0.1, 0.15) is 5.75 Å². The number of benzene rings is 2. The number of methoxy groups -OCH3 is 1. The Kier molecular flexibility index (Phi) is 6.29. The van der Waals surface area contributed by atoms with Crippen LogP contribution in [0.1, 0.15) is 47.4 Å². The molecule has 2 amide bonds. The summed E-state index contributed by atoms with van der Waals surface area (Å²) in [7, 11) is 1.67. The molecule has 1 aromatic heterocycles. The second kappa shape index (κ2) is 9.53. The van der Waals surface area contributed by atoms with Gasteiger partial charge in [-0.3, -0.25) is 9.59 Å². The van der Waals surface area contributed by atoms with E-state index >= 15 is 0 Å². The zero-order valence-electron chi connectivity index (χ0n) is 20.6. The lowest BCUT2D eigenvalue weighted by molar-refractivity contribution is -0.130. The minimum absolute atomic E-state index is 0.0425. The molecule has 0 N–H and O–H groups in total. The first-order valence-electron chi connectivity index (χ1n) is 12.3. The molecular formula is C29H31N3O3. The van der Waals surface area contributed by atoms with E-state index in [-0.39, 0.29) is 11.8 Å². The van der Waals surface area contributed by atoms with Gasteiger partial charge in [0.25, 0.3) is 5.91 Å². The van der Waals surface area contributed by atoms with E-state index < -0.39 is 0 Å². The Morgan fingerprint density at radius 1 is 0.971 bits per heavy atom. The maximum atomic E-state index is 14.0. The van der Waals surface area contributed by atoms with Crippen LogP contribution in [0.5, 0.6) is 5.75 Å². The number of rotatable bonds is 3. The number of carbonyl (C=O) groups excluding carboxylic acids is 2. The van der Waals surface area contributed by atoms with Gasteiger partial charge in [-0.2, -0.15) is 0 Å². The van der Waals surface area contributed by atoms with Crippen LogP contribution in [0, 0.1) is 5.92 Å². The SMILES string of the molecule is COc1ccc(/C=C2\CC(C)Cc3c2nc2ccccc2c3C(=O)N2CCN(C(C)=O)CC2)cc1. The molecule has 5 rings (SSSR count). The Bertz CT molecular complexity index is 1300. The summed E-state index contributed by atoms with van der Waals surface area (Å²) >= 11 is 0. The summed E-state index contributed by atoms with van der Waals surface area (Å²) in [5.41, 5.74) is 5.83. The highest BCUT2D eigenvalue weighted by molar-refractivity contribution is 6.09. The first-order valence-corrected chi connectivity index (χ1v) is 12.3. The quantitative estimate of drug-likeness (QED) is 0.559. The summed E-state index contributed by atoms with van der Waals surface area (Å²) in [5, 5.41) is 0.906. The van der Waals surface area contributed by atoms with Crippen molar-refractivity contribution in [2.45, 2.75) is 26.7 Å². The third-order valence-corrected chi connectivity index (χ3v) is 7.10. The topological polar surface area (TPSA) is 62.7 Å². The van der Waals surface area contributed by atoms with Crippen LogP contribution in [0.3, 0.4) is 0 Å². The fourth-order valence-electron chi connectivity index (χ4n) is 5.26. The molecule has 2 aromatic carbocycles. The van der Waals surface area contributed by atoms with Crippen LogP contribution in [-0.4, -0.2) is 59.9 Å². The van der Waals surface area contributed by atoms with Crippen molar-refractivity contribution in [1.29, 1.82) is 0 Å². The van der Waals surface area contributed by atoms with Gasteiger partial charge in [-0.05, 0) is 59.7 Å². The van der Waals surface area contributed by atoms with Crippen molar-refractivity contribution in [3.8, 4) is 5.75 Å². The maximum absolute atomic E-state index is 14.0. The molecule has 1 fully saturated rings. The number of pyridine rings is 1. The Hall–Kier alpha value is -3.67. The van der Waals surface area contributed by atoms with Gasteiger partial charge in [0.2, 0.25) is 5.91 Å². The summed E-state index contributed by atoms with van der Waals surface area (Å²) in [6.07, 6.45) is 3.92. The molecular weight excluding hydrogens is 438 g/mol. The average molecular weight is 470 g/mol. The summed E-state index contributed by atoms with van der Waals surface area (Å²) in [5.74, 6) is 1.33. The molecule has 0 radical (unpaired) electrons. The first kappa shape index (κ1) is 23.1. The normalized spacial score (nSPS) is 19.1. The number of piperazine rings is 1. The number of hydrogen-bond donors (Lipinski definition) is 0. The predicted octanol–water partition coefficient (Wildman–Crippen LogP) is 4.67. The lowest BCUT2D eigenvalue weighted by atomic mass is 9.80. The van der Waals surface area contributed by atoms with Gasteiger partial charge in [-0.15, -0.1) is 0 Å². The molecule has 2 aliphatic rings. The molecule has 180 valence electrons. The van der Waals surface area contributed by atoms with E-state index in [2.05, 4.69) is 13.0 Å². The number of amides is 2. The Morgan fingerprint density at radius 2 is 1.66 bits per heavy atom. The number of fused-ring (bicyclic) bond motifs is 2. The summed E-state index contributed by atoms with van der Waals surface area (Å²) in [6.45, 7) is 6.07. The number of para-hydroxylation sites is 1. The third kappa shape index (κ3) is 4.53. The summed E-state index contributed by atoms with van der Waals surface area (Å²) in [6, 6.07) is 16.0. The number of carbonyl (C=O) groups is 2. The number of nitrogens with zero attached hydrogens (tertiary/aromatic N) is 3. The van der Waals surface area contributed by atoms with E-state index in [0.717, 1.165) is 57.5 Å². The van der Waals surface area contributed by atoms with Gasteiger partial charge in [0, 0.05) is 38.5 Å². The van der Waals surface area contributed by atoms with Crippen molar-refractivity contribution in [3.05, 3.63) is 70.9 Å². The number of ether oxygens (including phenoxy) is 1. The van der Waals surface area contributed by atoms with Gasteiger partial charge in [0.15, 0.2) is 0 Å². The molecule has 35 heavy (non-hydrogen) atoms. The van der Waals surface area contributed by atoms with Crippen molar-refractivity contribution in [1.82, 2.24) is 14.8 Å². The van der Waals surface area contributed by atoms with Crippen LogP contribution in [0.4, 0.5) is 0 Å². The highest BCUT2D eigenvalue weighted by atomic mass is 16.5. The fraction of sp³-hybridized carbons (Fsp3) is 0.345. The number of aromatic nitrogens is 1. The monoisotopic (exact) mass is 469 g/mol. The van der Waals surface area contributed by atoms with E-state index in [1.807, 2.05) is 58.3 Å². The van der Waals surface area contributed by atoms with E-state index in [0.29, 0.717) is 32.1 Å². The van der Waals surface area contributed by atoms with E-state index in [4.69, 9.17) is 9.72 Å². The van der Waals surface area contributed by atoms with Gasteiger partial charge >= 0.3 is 0 Å². The molecule has 3 aromatic rings. The highest BCUT2D eigenvalue weighted by Gasteiger charge is 2.31. The summed E-state index contributed by atoms with van der Waals surface area (Å²) < 4.78 is 5.30. The zero-order valence-corrected chi connectivity index (χ0v) is 20.6.